The van der Waals surface area contributed by atoms with Gasteiger partial charge in [-0.25, -0.2) is 0 Å². The van der Waals surface area contributed by atoms with Crippen molar-refractivity contribution in [2.45, 2.75) is 0 Å². The summed E-state index contributed by atoms with van der Waals surface area (Å²) in [6, 6.07) is 9.87. The summed E-state index contributed by atoms with van der Waals surface area (Å²) in [6.07, 6.45) is 0. The molecule has 0 heterocycles. The molecule has 0 unspecified atom stereocenters. The minimum absolute atomic E-state index is 0. The third-order valence-corrected chi connectivity index (χ3v) is 2.06. The summed E-state index contributed by atoms with van der Waals surface area (Å²) in [4.78, 5) is 10.1. The fraction of sp³-hybridized carbons (Fsp3) is 0. The van der Waals surface area contributed by atoms with Gasteiger partial charge in [-0.1, -0.05) is 24.3 Å². The molecular formula is C10H8NNaO3. The average molecular weight is 213 g/mol. The molecule has 4 nitrogen and oxygen atoms in total. The normalized spacial score (nSPS) is 9.60. The number of nitro benzene ring substituents is 1. The van der Waals surface area contributed by atoms with Crippen molar-refractivity contribution in [1.29, 1.82) is 0 Å². The van der Waals surface area contributed by atoms with Gasteiger partial charge < -0.3 is 5.11 Å². The van der Waals surface area contributed by atoms with Gasteiger partial charge in [-0.3, -0.25) is 10.1 Å². The van der Waals surface area contributed by atoms with Gasteiger partial charge >= 0.3 is 35.2 Å². The Morgan fingerprint density at radius 2 is 1.80 bits per heavy atom. The van der Waals surface area contributed by atoms with Crippen LogP contribution < -0.4 is 0 Å². The Hall–Kier alpha value is -1.10. The third-order valence-electron chi connectivity index (χ3n) is 2.06. The van der Waals surface area contributed by atoms with Crippen LogP contribution in [0, 0.1) is 10.1 Å². The maximum atomic E-state index is 10.7. The molecule has 1 N–H and O–H groups in total. The van der Waals surface area contributed by atoms with E-state index >= 15 is 0 Å². The molecule has 0 aliphatic carbocycles. The Labute approximate surface area is 108 Å². The number of aromatic hydroxyl groups is 1. The van der Waals surface area contributed by atoms with Crippen molar-refractivity contribution < 1.29 is 10.0 Å². The summed E-state index contributed by atoms with van der Waals surface area (Å²) in [7, 11) is 0. The summed E-state index contributed by atoms with van der Waals surface area (Å²) in [6.45, 7) is 0. The number of hydrogen-bond acceptors (Lipinski definition) is 3. The van der Waals surface area contributed by atoms with Gasteiger partial charge in [-0.15, -0.1) is 0 Å². The number of fused-ring (bicyclic) bond motifs is 1. The Balaban J connectivity index is 0.00000112. The van der Waals surface area contributed by atoms with E-state index in [1.165, 1.54) is 6.07 Å². The van der Waals surface area contributed by atoms with Crippen molar-refractivity contribution >= 4 is 46.0 Å². The maximum absolute atomic E-state index is 10.7. The van der Waals surface area contributed by atoms with E-state index in [4.69, 9.17) is 0 Å². The minimum atomic E-state index is -0.572. The van der Waals surface area contributed by atoms with Crippen LogP contribution in [0.15, 0.2) is 36.4 Å². The van der Waals surface area contributed by atoms with Crippen molar-refractivity contribution in [2.24, 2.45) is 0 Å². The summed E-state index contributed by atoms with van der Waals surface area (Å²) in [5.74, 6) is -0.297. The number of phenols is 1. The predicted molar refractivity (Wildman–Crippen MR) is 59.4 cm³/mol. The van der Waals surface area contributed by atoms with Crippen molar-refractivity contribution in [3.63, 3.8) is 0 Å². The van der Waals surface area contributed by atoms with Crippen LogP contribution in [0.4, 0.5) is 5.69 Å². The van der Waals surface area contributed by atoms with Gasteiger partial charge in [0.1, 0.15) is 0 Å². The van der Waals surface area contributed by atoms with Crippen LogP contribution in [0.2, 0.25) is 0 Å². The molecule has 2 aromatic rings. The zero-order valence-electron chi connectivity index (χ0n) is 7.18. The van der Waals surface area contributed by atoms with Gasteiger partial charge in [0, 0.05) is 0 Å². The molecule has 0 spiro atoms. The molecule has 0 radical (unpaired) electrons. The van der Waals surface area contributed by atoms with Gasteiger partial charge in [0.15, 0.2) is 5.75 Å². The molecule has 0 saturated carbocycles. The number of nitrogens with zero attached hydrogens (tertiary/aromatic N) is 1. The Kier molecular flexibility index (Phi) is 3.68. The van der Waals surface area contributed by atoms with Crippen LogP contribution in [0.25, 0.3) is 10.8 Å². The van der Waals surface area contributed by atoms with E-state index in [9.17, 15) is 15.2 Å². The number of phenolic OH excluding ortho intramolecular Hbond substituents is 1. The van der Waals surface area contributed by atoms with E-state index in [2.05, 4.69) is 0 Å². The number of hydrogen-bond donors (Lipinski definition) is 1. The number of rotatable bonds is 1. The van der Waals surface area contributed by atoms with E-state index < -0.39 is 4.92 Å². The molecule has 0 atom stereocenters. The molecule has 0 amide bonds. The monoisotopic (exact) mass is 213 g/mol. The average Bonchev–Trinajstić information content (AvgIpc) is 2.17. The SMILES string of the molecule is O=[N+]([O-])c1c(O)ccc2ccccc12.[NaH]. The zero-order valence-corrected chi connectivity index (χ0v) is 7.18. The van der Waals surface area contributed by atoms with Crippen LogP contribution >= 0.6 is 0 Å². The summed E-state index contributed by atoms with van der Waals surface area (Å²) < 4.78 is 0. The van der Waals surface area contributed by atoms with Crippen LogP contribution in [0.3, 0.4) is 0 Å². The number of nitro groups is 1. The van der Waals surface area contributed by atoms with Crippen LogP contribution in [-0.2, 0) is 0 Å². The topological polar surface area (TPSA) is 63.4 Å². The van der Waals surface area contributed by atoms with Crippen molar-refractivity contribution in [1.82, 2.24) is 0 Å². The van der Waals surface area contributed by atoms with Gasteiger partial charge in [-0.05, 0) is 17.5 Å². The number of benzene rings is 2. The van der Waals surface area contributed by atoms with Gasteiger partial charge in [-0.2, -0.15) is 0 Å². The fourth-order valence-electron chi connectivity index (χ4n) is 1.44. The molecule has 0 aliphatic heterocycles. The molecular weight excluding hydrogens is 205 g/mol. The quantitative estimate of drug-likeness (QED) is 0.446. The van der Waals surface area contributed by atoms with E-state index in [0.717, 1.165) is 5.39 Å². The standard InChI is InChI=1S/C10H7NO3.Na.H/c12-9-6-5-7-3-1-2-4-8(7)10(9)11(13)14;;/h1-6,12H;;. The first-order valence-corrected chi connectivity index (χ1v) is 4.05. The van der Waals surface area contributed by atoms with E-state index in [0.29, 0.717) is 5.39 Å². The van der Waals surface area contributed by atoms with E-state index in [1.807, 2.05) is 0 Å². The van der Waals surface area contributed by atoms with E-state index in [-0.39, 0.29) is 41.0 Å². The van der Waals surface area contributed by atoms with Crippen LogP contribution in [0.5, 0.6) is 5.75 Å². The summed E-state index contributed by atoms with van der Waals surface area (Å²) in [5.41, 5.74) is -0.233. The predicted octanol–water partition coefficient (Wildman–Crippen LogP) is 1.81. The molecule has 15 heavy (non-hydrogen) atoms. The first-order valence-electron chi connectivity index (χ1n) is 4.05. The molecule has 5 heteroatoms. The zero-order chi connectivity index (χ0) is 10.1. The van der Waals surface area contributed by atoms with Crippen molar-refractivity contribution in [3.8, 4) is 5.75 Å². The summed E-state index contributed by atoms with van der Waals surface area (Å²) >= 11 is 0. The van der Waals surface area contributed by atoms with Gasteiger partial charge in [0.05, 0.1) is 10.3 Å². The van der Waals surface area contributed by atoms with Crippen molar-refractivity contribution in [3.05, 3.63) is 46.5 Å². The molecule has 0 bridgehead atoms. The van der Waals surface area contributed by atoms with Crippen LogP contribution in [0.1, 0.15) is 0 Å². The third kappa shape index (κ3) is 2.12. The Morgan fingerprint density at radius 1 is 1.13 bits per heavy atom. The second-order valence-electron chi connectivity index (χ2n) is 2.91. The van der Waals surface area contributed by atoms with Gasteiger partial charge in [0.2, 0.25) is 0 Å². The fourth-order valence-corrected chi connectivity index (χ4v) is 1.44. The Morgan fingerprint density at radius 3 is 2.47 bits per heavy atom. The molecule has 0 saturated heterocycles. The molecule has 72 valence electrons. The first-order chi connectivity index (χ1) is 6.70. The molecule has 0 aliphatic rings. The molecule has 0 fully saturated rings. The first kappa shape index (κ1) is 12.0. The molecule has 0 aromatic heterocycles. The van der Waals surface area contributed by atoms with Crippen molar-refractivity contribution in [2.75, 3.05) is 0 Å². The summed E-state index contributed by atoms with van der Waals surface area (Å²) in [5, 5.41) is 21.2. The van der Waals surface area contributed by atoms with E-state index in [1.54, 1.807) is 30.3 Å². The van der Waals surface area contributed by atoms with Gasteiger partial charge in [0.25, 0.3) is 0 Å². The second kappa shape index (κ2) is 4.61. The second-order valence-corrected chi connectivity index (χ2v) is 2.91. The Bertz CT molecular complexity index is 513. The molecule has 2 rings (SSSR count). The van der Waals surface area contributed by atoms with Crippen LogP contribution in [-0.4, -0.2) is 39.6 Å². The molecule has 2 aromatic carbocycles.